The number of carbonyl (C=O) groups is 1. The normalized spacial score (nSPS) is 14.1. The van der Waals surface area contributed by atoms with Crippen molar-refractivity contribution in [2.24, 2.45) is 0 Å². The molecule has 41 heavy (non-hydrogen) atoms. The zero-order valence-electron chi connectivity index (χ0n) is 23.1. The molecule has 12 nitrogen and oxygen atoms in total. The Morgan fingerprint density at radius 1 is 0.805 bits per heavy atom. The molecule has 1 fully saturated rings. The Hall–Kier alpha value is -4.16. The van der Waals surface area contributed by atoms with Gasteiger partial charge in [-0.05, 0) is 42.7 Å². The van der Waals surface area contributed by atoms with E-state index >= 15 is 0 Å². The lowest BCUT2D eigenvalue weighted by Gasteiger charge is -2.15. The Bertz CT molecular complexity index is 1260. The fourth-order valence-corrected chi connectivity index (χ4v) is 4.57. The first-order valence-corrected chi connectivity index (χ1v) is 14.1. The summed E-state index contributed by atoms with van der Waals surface area (Å²) in [6.45, 7) is 3.52. The van der Waals surface area contributed by atoms with Gasteiger partial charge < -0.3 is 40.2 Å². The van der Waals surface area contributed by atoms with Gasteiger partial charge in [-0.3, -0.25) is 4.79 Å². The molecule has 2 aromatic carbocycles. The maximum atomic E-state index is 12.0. The second kappa shape index (κ2) is 15.0. The topological polar surface area (TPSA) is 141 Å². The number of nitrogens with one attached hydrogen (secondary N) is 4. The van der Waals surface area contributed by atoms with Crippen molar-refractivity contribution in [2.45, 2.75) is 38.3 Å². The highest BCUT2D eigenvalue weighted by atomic mass is 16.7. The van der Waals surface area contributed by atoms with Crippen molar-refractivity contribution >= 4 is 23.8 Å². The van der Waals surface area contributed by atoms with Crippen molar-refractivity contribution in [3.8, 4) is 11.5 Å². The number of rotatable bonds is 16. The van der Waals surface area contributed by atoms with Gasteiger partial charge in [-0.1, -0.05) is 37.1 Å². The van der Waals surface area contributed by atoms with Gasteiger partial charge in [-0.15, -0.1) is 0 Å². The average molecular weight is 564 g/mol. The van der Waals surface area contributed by atoms with Crippen molar-refractivity contribution in [3.63, 3.8) is 0 Å². The molecule has 0 saturated heterocycles. The van der Waals surface area contributed by atoms with Gasteiger partial charge >= 0.3 is 0 Å². The fraction of sp³-hybridized carbons (Fsp3) is 0.448. The molecule has 1 aliphatic carbocycles. The summed E-state index contributed by atoms with van der Waals surface area (Å²) in [5, 5.41) is 12.8. The number of hydrogen-bond acceptors (Lipinski definition) is 11. The molecule has 2 aliphatic rings. The first-order valence-electron chi connectivity index (χ1n) is 14.1. The Kier molecular flexibility index (Phi) is 10.4. The summed E-state index contributed by atoms with van der Waals surface area (Å²) in [5.74, 6) is 2.90. The minimum atomic E-state index is -0.109. The van der Waals surface area contributed by atoms with Crippen molar-refractivity contribution in [1.29, 1.82) is 0 Å². The predicted molar refractivity (Wildman–Crippen MR) is 155 cm³/mol. The van der Waals surface area contributed by atoms with Crippen LogP contribution in [0.2, 0.25) is 0 Å². The van der Waals surface area contributed by atoms with E-state index in [9.17, 15) is 4.79 Å². The molecular weight excluding hydrogens is 526 g/mol. The summed E-state index contributed by atoms with van der Waals surface area (Å²) in [7, 11) is 0. The van der Waals surface area contributed by atoms with Crippen LogP contribution in [0.5, 0.6) is 11.5 Å². The largest absolute Gasteiger partial charge is 0.454 e. The summed E-state index contributed by atoms with van der Waals surface area (Å²) in [4.78, 5) is 25.7. The highest BCUT2D eigenvalue weighted by molar-refractivity contribution is 5.94. The second-order valence-electron chi connectivity index (χ2n) is 9.75. The van der Waals surface area contributed by atoms with Gasteiger partial charge in [0.2, 0.25) is 24.6 Å². The van der Waals surface area contributed by atoms with Gasteiger partial charge in [-0.2, -0.15) is 15.0 Å². The number of nitrogens with zero attached hydrogens (tertiary/aromatic N) is 3. The van der Waals surface area contributed by atoms with Crippen LogP contribution < -0.4 is 30.7 Å². The smallest absolute Gasteiger partial charge is 0.251 e. The molecule has 1 aliphatic heterocycles. The maximum Gasteiger partial charge on any atom is 0.251 e. The molecular formula is C29H37N7O5. The molecule has 3 aromatic rings. The van der Waals surface area contributed by atoms with E-state index in [2.05, 4.69) is 36.2 Å². The van der Waals surface area contributed by atoms with E-state index in [0.29, 0.717) is 75.5 Å². The fourth-order valence-electron chi connectivity index (χ4n) is 4.57. The molecule has 1 saturated carbocycles. The van der Waals surface area contributed by atoms with E-state index in [-0.39, 0.29) is 12.7 Å². The molecule has 1 amide bonds. The Morgan fingerprint density at radius 3 is 2.32 bits per heavy atom. The predicted octanol–water partition coefficient (Wildman–Crippen LogP) is 3.44. The number of aromatic nitrogens is 3. The van der Waals surface area contributed by atoms with E-state index in [0.717, 1.165) is 29.9 Å². The molecule has 1 aromatic heterocycles. The van der Waals surface area contributed by atoms with E-state index < -0.39 is 0 Å². The van der Waals surface area contributed by atoms with Gasteiger partial charge in [0.15, 0.2) is 11.5 Å². The number of anilines is 3. The third-order valence-electron chi connectivity index (χ3n) is 6.68. The number of fused-ring (bicyclic) bond motifs is 1. The summed E-state index contributed by atoms with van der Waals surface area (Å²) >= 11 is 0. The monoisotopic (exact) mass is 563 g/mol. The van der Waals surface area contributed by atoms with Crippen LogP contribution >= 0.6 is 0 Å². The molecule has 0 bridgehead atoms. The third kappa shape index (κ3) is 8.92. The van der Waals surface area contributed by atoms with Crippen LogP contribution in [0.4, 0.5) is 17.8 Å². The summed E-state index contributed by atoms with van der Waals surface area (Å²) in [5.41, 5.74) is 1.67. The van der Waals surface area contributed by atoms with Crippen LogP contribution in [0.1, 0.15) is 41.6 Å². The lowest BCUT2D eigenvalue weighted by Crippen LogP contribution is -2.27. The molecule has 0 atom stereocenters. The lowest BCUT2D eigenvalue weighted by atomic mass is 10.2. The summed E-state index contributed by atoms with van der Waals surface area (Å²) in [6.07, 6.45) is 4.66. The molecule has 4 N–H and O–H groups in total. The first kappa shape index (κ1) is 28.4. The van der Waals surface area contributed by atoms with E-state index in [4.69, 9.17) is 18.9 Å². The minimum absolute atomic E-state index is 0.109. The highest BCUT2D eigenvalue weighted by Crippen LogP contribution is 2.32. The molecule has 2 heterocycles. The van der Waals surface area contributed by atoms with E-state index in [1.165, 1.54) is 12.8 Å². The van der Waals surface area contributed by atoms with Gasteiger partial charge in [-0.25, -0.2) is 0 Å². The SMILES string of the molecule is O=C(NCCOCCOCCNc1nc(NCc2ccc3c(c2)OCO3)nc(NC2CCCC2)n1)c1ccccc1. The van der Waals surface area contributed by atoms with Crippen molar-refractivity contribution < 1.29 is 23.7 Å². The van der Waals surface area contributed by atoms with Crippen molar-refractivity contribution in [1.82, 2.24) is 20.3 Å². The first-order chi connectivity index (χ1) is 20.2. The van der Waals surface area contributed by atoms with Crippen LogP contribution in [-0.2, 0) is 16.0 Å². The Balaban J connectivity index is 1.02. The highest BCUT2D eigenvalue weighted by Gasteiger charge is 2.17. The average Bonchev–Trinajstić information content (AvgIpc) is 3.69. The van der Waals surface area contributed by atoms with Crippen LogP contribution in [0.15, 0.2) is 48.5 Å². The van der Waals surface area contributed by atoms with Crippen LogP contribution in [0.3, 0.4) is 0 Å². The second-order valence-corrected chi connectivity index (χ2v) is 9.75. The summed E-state index contributed by atoms with van der Waals surface area (Å²) in [6, 6.07) is 15.3. The molecule has 12 heteroatoms. The molecule has 0 radical (unpaired) electrons. The van der Waals surface area contributed by atoms with Crippen LogP contribution in [0.25, 0.3) is 0 Å². The van der Waals surface area contributed by atoms with Crippen molar-refractivity contribution in [3.05, 3.63) is 59.7 Å². The number of ether oxygens (including phenoxy) is 4. The molecule has 0 unspecified atom stereocenters. The Labute approximate surface area is 239 Å². The van der Waals surface area contributed by atoms with Crippen LogP contribution in [0, 0.1) is 0 Å². The van der Waals surface area contributed by atoms with Gasteiger partial charge in [0.25, 0.3) is 5.91 Å². The summed E-state index contributed by atoms with van der Waals surface area (Å²) < 4.78 is 22.1. The molecule has 0 spiro atoms. The zero-order chi connectivity index (χ0) is 28.1. The number of benzene rings is 2. The quantitative estimate of drug-likeness (QED) is 0.191. The zero-order valence-corrected chi connectivity index (χ0v) is 23.1. The number of carbonyl (C=O) groups excluding carboxylic acids is 1. The molecule has 5 rings (SSSR count). The molecule has 218 valence electrons. The van der Waals surface area contributed by atoms with Crippen molar-refractivity contribution in [2.75, 3.05) is 62.3 Å². The Morgan fingerprint density at radius 2 is 1.51 bits per heavy atom. The van der Waals surface area contributed by atoms with Crippen LogP contribution in [-0.4, -0.2) is 73.2 Å². The van der Waals surface area contributed by atoms with E-state index in [1.54, 1.807) is 12.1 Å². The maximum absolute atomic E-state index is 12.0. The standard InChI is InChI=1S/C29H37N7O5/c37-26(22-6-2-1-3-7-22)30-12-14-38-16-17-39-15-13-31-27-34-28(36-29(35-27)33-23-8-4-5-9-23)32-19-21-10-11-24-25(18-21)41-20-40-24/h1-3,6-7,10-11,18,23H,4-5,8-9,12-17,19-20H2,(H,30,37)(H3,31,32,33,34,35,36). The third-order valence-corrected chi connectivity index (χ3v) is 6.68. The van der Waals surface area contributed by atoms with Gasteiger partial charge in [0, 0.05) is 31.2 Å². The minimum Gasteiger partial charge on any atom is -0.454 e. The van der Waals surface area contributed by atoms with E-state index in [1.807, 2.05) is 36.4 Å². The number of hydrogen-bond donors (Lipinski definition) is 4. The lowest BCUT2D eigenvalue weighted by molar-refractivity contribution is 0.0519. The number of amides is 1. The van der Waals surface area contributed by atoms with Gasteiger partial charge in [0.05, 0.1) is 26.4 Å². The van der Waals surface area contributed by atoms with Gasteiger partial charge in [0.1, 0.15) is 0 Å².